The predicted molar refractivity (Wildman–Crippen MR) is 138 cm³/mol. The second kappa shape index (κ2) is 11.0. The number of halogens is 1. The van der Waals surface area contributed by atoms with Crippen molar-refractivity contribution in [2.45, 2.75) is 20.0 Å². The van der Waals surface area contributed by atoms with E-state index in [1.165, 1.54) is 29.3 Å². The van der Waals surface area contributed by atoms with Crippen molar-refractivity contribution in [3.8, 4) is 5.75 Å². The fourth-order valence-corrected chi connectivity index (χ4v) is 4.05. The smallest absolute Gasteiger partial charge is 0.271 e. The van der Waals surface area contributed by atoms with Gasteiger partial charge in [0.15, 0.2) is 0 Å². The van der Waals surface area contributed by atoms with E-state index in [9.17, 15) is 9.90 Å². The Morgan fingerprint density at radius 3 is 2.44 bits per heavy atom. The van der Waals surface area contributed by atoms with Crippen LogP contribution in [0.2, 0.25) is 5.02 Å². The maximum Gasteiger partial charge on any atom is 0.271 e. The molecule has 0 radical (unpaired) electrons. The molecule has 0 aliphatic heterocycles. The minimum atomic E-state index is -0.404. The Labute approximate surface area is 204 Å². The van der Waals surface area contributed by atoms with Gasteiger partial charge >= 0.3 is 0 Å². The topological polar surface area (TPSA) is 64.9 Å². The molecule has 4 aromatic carbocycles. The van der Waals surface area contributed by atoms with Crippen molar-refractivity contribution >= 4 is 34.5 Å². The summed E-state index contributed by atoms with van der Waals surface area (Å²) in [6.45, 7) is 4.85. The summed E-state index contributed by atoms with van der Waals surface area (Å²) in [5, 5.41) is 16.0. The van der Waals surface area contributed by atoms with Gasteiger partial charge in [0.1, 0.15) is 5.75 Å². The van der Waals surface area contributed by atoms with Crippen LogP contribution in [0, 0.1) is 0 Å². The summed E-state index contributed by atoms with van der Waals surface area (Å²) < 4.78 is 0. The van der Waals surface area contributed by atoms with Crippen LogP contribution in [0.4, 0.5) is 0 Å². The molecule has 0 fully saturated rings. The molecule has 0 atom stereocenters. The van der Waals surface area contributed by atoms with Crippen molar-refractivity contribution in [2.24, 2.45) is 5.10 Å². The number of hydrogen-bond acceptors (Lipinski definition) is 4. The minimum absolute atomic E-state index is 0.0707. The quantitative estimate of drug-likeness (QED) is 0.245. The Bertz CT molecular complexity index is 1320. The van der Waals surface area contributed by atoms with Crippen LogP contribution in [0.5, 0.6) is 5.75 Å². The van der Waals surface area contributed by atoms with Gasteiger partial charge in [-0.15, -0.1) is 0 Å². The van der Waals surface area contributed by atoms with Gasteiger partial charge in [0, 0.05) is 24.2 Å². The lowest BCUT2D eigenvalue weighted by atomic mass is 9.99. The number of rotatable bonds is 8. The summed E-state index contributed by atoms with van der Waals surface area (Å²) in [4.78, 5) is 14.8. The van der Waals surface area contributed by atoms with Gasteiger partial charge in [0.05, 0.1) is 11.2 Å². The summed E-state index contributed by atoms with van der Waals surface area (Å²) in [5.41, 5.74) is 6.29. The molecular weight excluding hydrogens is 446 g/mol. The zero-order chi connectivity index (χ0) is 23.9. The van der Waals surface area contributed by atoms with Gasteiger partial charge < -0.3 is 5.11 Å². The van der Waals surface area contributed by atoms with Crippen LogP contribution in [0.25, 0.3) is 10.8 Å². The third-order valence-corrected chi connectivity index (χ3v) is 6.02. The Morgan fingerprint density at radius 2 is 1.71 bits per heavy atom. The maximum absolute atomic E-state index is 12.3. The number of hydrogen-bond donors (Lipinski definition) is 2. The number of aromatic hydroxyl groups is 1. The molecule has 5 nitrogen and oxygen atoms in total. The lowest BCUT2D eigenvalue weighted by Crippen LogP contribution is -2.22. The van der Waals surface area contributed by atoms with Gasteiger partial charge in [-0.1, -0.05) is 85.3 Å². The van der Waals surface area contributed by atoms with Gasteiger partial charge in [0.2, 0.25) is 0 Å². The first-order valence-corrected chi connectivity index (χ1v) is 11.5. The van der Waals surface area contributed by atoms with Crippen molar-refractivity contribution in [2.75, 3.05) is 6.54 Å². The van der Waals surface area contributed by atoms with Gasteiger partial charge in [-0.2, -0.15) is 5.10 Å². The third-order valence-electron chi connectivity index (χ3n) is 5.72. The highest BCUT2D eigenvalue weighted by Crippen LogP contribution is 2.25. The Balaban J connectivity index is 1.52. The number of nitrogens with one attached hydrogen (secondary N) is 1. The van der Waals surface area contributed by atoms with Crippen LogP contribution in [-0.4, -0.2) is 28.7 Å². The van der Waals surface area contributed by atoms with Crippen LogP contribution in [0.1, 0.15) is 34.0 Å². The number of fused-ring (bicyclic) bond motifs is 1. The number of phenols is 1. The fraction of sp³-hybridized carbons (Fsp3) is 0.143. The molecule has 1 amide bonds. The van der Waals surface area contributed by atoms with Crippen molar-refractivity contribution in [3.63, 3.8) is 0 Å². The second-order valence-corrected chi connectivity index (χ2v) is 8.42. The highest BCUT2D eigenvalue weighted by atomic mass is 35.5. The summed E-state index contributed by atoms with van der Waals surface area (Å²) in [6, 6.07) is 27.1. The Hall–Kier alpha value is -3.67. The Kier molecular flexibility index (Phi) is 7.58. The standard InChI is InChI=1S/C28H26ClN3O2/c1-2-32(18-20-8-4-3-5-9-20)19-23-13-12-22(24-10-6-7-11-25(23)24)17-30-31-28(34)21-14-15-27(33)26(29)16-21/h3-17,33H,2,18-19H2,1H3,(H,31,34)/b30-17+. The fourth-order valence-electron chi connectivity index (χ4n) is 3.87. The molecule has 0 aromatic heterocycles. The number of hydrazone groups is 1. The third kappa shape index (κ3) is 5.63. The molecule has 172 valence electrons. The zero-order valence-electron chi connectivity index (χ0n) is 18.9. The van der Waals surface area contributed by atoms with E-state index in [4.69, 9.17) is 11.6 Å². The van der Waals surface area contributed by atoms with E-state index in [2.05, 4.69) is 64.8 Å². The largest absolute Gasteiger partial charge is 0.506 e. The molecule has 0 aliphatic carbocycles. The molecule has 0 saturated carbocycles. The first-order chi connectivity index (χ1) is 16.5. The van der Waals surface area contributed by atoms with Crippen molar-refractivity contribution in [3.05, 3.63) is 112 Å². The summed E-state index contributed by atoms with van der Waals surface area (Å²) in [6.07, 6.45) is 1.65. The van der Waals surface area contributed by atoms with Gasteiger partial charge in [-0.05, 0) is 46.6 Å². The molecule has 0 bridgehead atoms. The lowest BCUT2D eigenvalue weighted by molar-refractivity contribution is 0.0955. The second-order valence-electron chi connectivity index (χ2n) is 8.01. The molecule has 0 aliphatic rings. The van der Waals surface area contributed by atoms with E-state index in [0.29, 0.717) is 5.56 Å². The van der Waals surface area contributed by atoms with Crippen molar-refractivity contribution in [1.29, 1.82) is 0 Å². The number of benzene rings is 4. The van der Waals surface area contributed by atoms with Gasteiger partial charge in [-0.25, -0.2) is 5.43 Å². The van der Waals surface area contributed by atoms with Gasteiger partial charge in [0.25, 0.3) is 5.91 Å². The summed E-state index contributed by atoms with van der Waals surface area (Å²) in [5.74, 6) is -0.475. The van der Waals surface area contributed by atoms with E-state index >= 15 is 0 Å². The first-order valence-electron chi connectivity index (χ1n) is 11.1. The highest BCUT2D eigenvalue weighted by molar-refractivity contribution is 6.32. The molecule has 0 unspecified atom stereocenters. The molecule has 0 heterocycles. The van der Waals surface area contributed by atoms with E-state index in [0.717, 1.165) is 36.0 Å². The van der Waals surface area contributed by atoms with E-state index in [1.54, 1.807) is 6.21 Å². The van der Waals surface area contributed by atoms with Crippen LogP contribution < -0.4 is 5.43 Å². The minimum Gasteiger partial charge on any atom is -0.506 e. The molecule has 4 aromatic rings. The number of phenolic OH excluding ortho intramolecular Hbond substituents is 1. The van der Waals surface area contributed by atoms with E-state index in [-0.39, 0.29) is 10.8 Å². The average Bonchev–Trinajstić information content (AvgIpc) is 2.87. The van der Waals surface area contributed by atoms with Crippen LogP contribution >= 0.6 is 11.6 Å². The molecule has 4 rings (SSSR count). The van der Waals surface area contributed by atoms with E-state index < -0.39 is 5.91 Å². The predicted octanol–water partition coefficient (Wildman–Crippen LogP) is 5.98. The normalized spacial score (nSPS) is 11.4. The molecule has 2 N–H and O–H groups in total. The lowest BCUT2D eigenvalue weighted by Gasteiger charge is -2.22. The van der Waals surface area contributed by atoms with Gasteiger partial charge in [-0.3, -0.25) is 9.69 Å². The van der Waals surface area contributed by atoms with E-state index in [1.807, 2.05) is 24.3 Å². The zero-order valence-corrected chi connectivity index (χ0v) is 19.7. The molecule has 0 saturated heterocycles. The van der Waals surface area contributed by atoms with Crippen LogP contribution in [0.15, 0.2) is 90.0 Å². The number of nitrogens with zero attached hydrogens (tertiary/aromatic N) is 2. The number of carbonyl (C=O) groups is 1. The Morgan fingerprint density at radius 1 is 0.971 bits per heavy atom. The highest BCUT2D eigenvalue weighted by Gasteiger charge is 2.10. The average molecular weight is 472 g/mol. The van der Waals surface area contributed by atoms with Crippen LogP contribution in [-0.2, 0) is 13.1 Å². The number of carbonyl (C=O) groups excluding carboxylic acids is 1. The molecule has 0 spiro atoms. The van der Waals surface area contributed by atoms with Crippen LogP contribution in [0.3, 0.4) is 0 Å². The maximum atomic E-state index is 12.3. The SMILES string of the molecule is CCN(Cc1ccccc1)Cc1ccc(/C=N/NC(=O)c2ccc(O)c(Cl)c2)c2ccccc12. The van der Waals surface area contributed by atoms with Crippen molar-refractivity contribution < 1.29 is 9.90 Å². The summed E-state index contributed by atoms with van der Waals surface area (Å²) >= 11 is 5.89. The molecular formula is C28H26ClN3O2. The first kappa shape index (κ1) is 23.5. The molecule has 34 heavy (non-hydrogen) atoms. The summed E-state index contributed by atoms with van der Waals surface area (Å²) in [7, 11) is 0. The molecule has 6 heteroatoms. The number of amides is 1. The monoisotopic (exact) mass is 471 g/mol. The van der Waals surface area contributed by atoms with Crippen molar-refractivity contribution in [1.82, 2.24) is 10.3 Å².